The van der Waals surface area contributed by atoms with Crippen molar-refractivity contribution in [1.29, 1.82) is 0 Å². The van der Waals surface area contributed by atoms with Crippen LogP contribution >= 0.6 is 0 Å². The van der Waals surface area contributed by atoms with Gasteiger partial charge in [0.15, 0.2) is 0 Å². The highest BCUT2D eigenvalue weighted by atomic mass is 16.2. The fourth-order valence-corrected chi connectivity index (χ4v) is 1.85. The summed E-state index contributed by atoms with van der Waals surface area (Å²) in [5, 5.41) is 5.93. The summed E-state index contributed by atoms with van der Waals surface area (Å²) in [5.74, 6) is 0. The fraction of sp³-hybridized carbons (Fsp3) is 0.562. The van der Waals surface area contributed by atoms with E-state index in [1.165, 1.54) is 0 Å². The zero-order valence-electron chi connectivity index (χ0n) is 12.9. The van der Waals surface area contributed by atoms with Gasteiger partial charge in [0.25, 0.3) is 0 Å². The highest BCUT2D eigenvalue weighted by Crippen LogP contribution is 2.05. The molecule has 0 saturated heterocycles. The maximum Gasteiger partial charge on any atom is 0.319 e. The normalized spacial score (nSPS) is 14.6. The standard InChI is InChI=1S/C16H28N2O/c1-6-10-13(5)15(12-8-3)18-16(19)17-14(9-4)11-7-2/h6,8,10,12,14H,7,9,11H2,1-5H3,(H2,17,18,19)/b10-6-,12-8-,15-13+. The number of hydrogen-bond acceptors (Lipinski definition) is 1. The lowest BCUT2D eigenvalue weighted by Crippen LogP contribution is -2.41. The van der Waals surface area contributed by atoms with E-state index in [0.29, 0.717) is 0 Å². The molecule has 19 heavy (non-hydrogen) atoms. The van der Waals surface area contributed by atoms with Crippen LogP contribution in [0.3, 0.4) is 0 Å². The van der Waals surface area contributed by atoms with Gasteiger partial charge in [0.2, 0.25) is 0 Å². The number of carbonyl (C=O) groups is 1. The lowest BCUT2D eigenvalue weighted by atomic mass is 10.1. The molecule has 3 nitrogen and oxygen atoms in total. The third-order valence-electron chi connectivity index (χ3n) is 2.89. The number of rotatable bonds is 7. The molecule has 0 spiro atoms. The zero-order chi connectivity index (χ0) is 14.7. The zero-order valence-corrected chi connectivity index (χ0v) is 12.9. The Morgan fingerprint density at radius 1 is 1.16 bits per heavy atom. The van der Waals surface area contributed by atoms with Gasteiger partial charge in [0, 0.05) is 11.7 Å². The highest BCUT2D eigenvalue weighted by Gasteiger charge is 2.10. The molecule has 1 atom stereocenters. The van der Waals surface area contributed by atoms with Crippen molar-refractivity contribution in [3.8, 4) is 0 Å². The first kappa shape index (κ1) is 17.5. The summed E-state index contributed by atoms with van der Waals surface area (Å²) in [5.41, 5.74) is 1.88. The Bertz CT molecular complexity index is 354. The Morgan fingerprint density at radius 3 is 2.26 bits per heavy atom. The number of amides is 2. The van der Waals surface area contributed by atoms with E-state index in [-0.39, 0.29) is 12.1 Å². The minimum absolute atomic E-state index is 0.128. The summed E-state index contributed by atoms with van der Waals surface area (Å²) in [6.07, 6.45) is 10.8. The number of nitrogens with one attached hydrogen (secondary N) is 2. The molecule has 0 saturated carbocycles. The Kier molecular flexibility index (Phi) is 9.59. The monoisotopic (exact) mass is 264 g/mol. The second kappa shape index (κ2) is 10.4. The summed E-state index contributed by atoms with van der Waals surface area (Å²) >= 11 is 0. The Balaban J connectivity index is 4.69. The minimum atomic E-state index is -0.128. The van der Waals surface area contributed by atoms with Crippen LogP contribution in [0, 0.1) is 0 Å². The van der Waals surface area contributed by atoms with E-state index in [2.05, 4.69) is 24.5 Å². The molecule has 1 unspecified atom stereocenters. The number of urea groups is 1. The molecule has 2 N–H and O–H groups in total. The van der Waals surface area contributed by atoms with Gasteiger partial charge in [-0.05, 0) is 45.3 Å². The lowest BCUT2D eigenvalue weighted by Gasteiger charge is -2.17. The molecule has 0 aliphatic heterocycles. The van der Waals surface area contributed by atoms with Gasteiger partial charge in [-0.2, -0.15) is 0 Å². The predicted octanol–water partition coefficient (Wildman–Crippen LogP) is 4.29. The maximum absolute atomic E-state index is 12.0. The topological polar surface area (TPSA) is 41.1 Å². The largest absolute Gasteiger partial charge is 0.335 e. The van der Waals surface area contributed by atoms with Gasteiger partial charge in [0.05, 0.1) is 0 Å². The van der Waals surface area contributed by atoms with Crippen molar-refractivity contribution < 1.29 is 4.79 Å². The van der Waals surface area contributed by atoms with Crippen molar-refractivity contribution in [1.82, 2.24) is 10.6 Å². The first-order chi connectivity index (χ1) is 9.08. The quantitative estimate of drug-likeness (QED) is 0.662. The number of allylic oxidation sites excluding steroid dienone is 5. The molecular formula is C16H28N2O. The van der Waals surface area contributed by atoms with Crippen LogP contribution in [0.2, 0.25) is 0 Å². The van der Waals surface area contributed by atoms with E-state index < -0.39 is 0 Å². The van der Waals surface area contributed by atoms with Crippen molar-refractivity contribution in [3.05, 3.63) is 35.6 Å². The van der Waals surface area contributed by atoms with Gasteiger partial charge >= 0.3 is 6.03 Å². The fourth-order valence-electron chi connectivity index (χ4n) is 1.85. The van der Waals surface area contributed by atoms with Crippen LogP contribution in [0.4, 0.5) is 4.79 Å². The summed E-state index contributed by atoms with van der Waals surface area (Å²) < 4.78 is 0. The van der Waals surface area contributed by atoms with E-state index in [9.17, 15) is 4.79 Å². The molecule has 0 bridgehead atoms. The molecule has 0 aromatic carbocycles. The van der Waals surface area contributed by atoms with Crippen molar-refractivity contribution in [3.63, 3.8) is 0 Å². The molecule has 3 heteroatoms. The third-order valence-corrected chi connectivity index (χ3v) is 2.89. The molecule has 0 aromatic heterocycles. The number of hydrogen-bond donors (Lipinski definition) is 2. The predicted molar refractivity (Wildman–Crippen MR) is 83.0 cm³/mol. The molecule has 0 heterocycles. The van der Waals surface area contributed by atoms with Crippen LogP contribution in [-0.2, 0) is 0 Å². The molecule has 0 aromatic rings. The van der Waals surface area contributed by atoms with Gasteiger partial charge in [-0.25, -0.2) is 4.79 Å². The first-order valence-electron chi connectivity index (χ1n) is 7.12. The molecule has 108 valence electrons. The second-order valence-corrected chi connectivity index (χ2v) is 4.59. The van der Waals surface area contributed by atoms with Crippen molar-refractivity contribution in [2.45, 2.75) is 59.9 Å². The van der Waals surface area contributed by atoms with Crippen molar-refractivity contribution >= 4 is 6.03 Å². The SMILES string of the molecule is C\C=C/C(C)=C(\C=C/C)NC(=O)NC(CC)CCC. The summed E-state index contributed by atoms with van der Waals surface area (Å²) in [6, 6.07) is 0.121. The molecular weight excluding hydrogens is 236 g/mol. The van der Waals surface area contributed by atoms with Crippen molar-refractivity contribution in [2.75, 3.05) is 0 Å². The summed E-state index contributed by atoms with van der Waals surface area (Å²) in [7, 11) is 0. The van der Waals surface area contributed by atoms with E-state index >= 15 is 0 Å². The van der Waals surface area contributed by atoms with Gasteiger partial charge in [-0.3, -0.25) is 0 Å². The lowest BCUT2D eigenvalue weighted by molar-refractivity contribution is 0.238. The Hall–Kier alpha value is -1.51. The summed E-state index contributed by atoms with van der Waals surface area (Å²) in [6.45, 7) is 10.1. The maximum atomic E-state index is 12.0. The minimum Gasteiger partial charge on any atom is -0.335 e. The van der Waals surface area contributed by atoms with E-state index in [1.807, 2.05) is 45.1 Å². The second-order valence-electron chi connectivity index (χ2n) is 4.59. The van der Waals surface area contributed by atoms with Crippen molar-refractivity contribution in [2.24, 2.45) is 0 Å². The highest BCUT2D eigenvalue weighted by molar-refractivity contribution is 5.77. The van der Waals surface area contributed by atoms with E-state index in [4.69, 9.17) is 0 Å². The Labute approximate surface area is 117 Å². The van der Waals surface area contributed by atoms with Crippen LogP contribution in [0.15, 0.2) is 35.6 Å². The molecule has 0 aliphatic carbocycles. The van der Waals surface area contributed by atoms with Gasteiger partial charge < -0.3 is 10.6 Å². The van der Waals surface area contributed by atoms with Gasteiger partial charge in [0.1, 0.15) is 0 Å². The molecule has 0 radical (unpaired) electrons. The van der Waals surface area contributed by atoms with Crippen LogP contribution < -0.4 is 10.6 Å². The van der Waals surface area contributed by atoms with Gasteiger partial charge in [-0.15, -0.1) is 0 Å². The first-order valence-corrected chi connectivity index (χ1v) is 7.12. The van der Waals surface area contributed by atoms with E-state index in [1.54, 1.807) is 0 Å². The van der Waals surface area contributed by atoms with Crippen LogP contribution in [0.5, 0.6) is 0 Å². The molecule has 0 fully saturated rings. The van der Waals surface area contributed by atoms with Crippen LogP contribution in [0.1, 0.15) is 53.9 Å². The molecule has 0 aliphatic rings. The smallest absolute Gasteiger partial charge is 0.319 e. The molecule has 0 rings (SSSR count). The third kappa shape index (κ3) is 7.50. The number of carbonyl (C=O) groups excluding carboxylic acids is 1. The van der Waals surface area contributed by atoms with Gasteiger partial charge in [-0.1, -0.05) is 38.5 Å². The average Bonchev–Trinajstić information content (AvgIpc) is 2.38. The van der Waals surface area contributed by atoms with Crippen LogP contribution in [0.25, 0.3) is 0 Å². The van der Waals surface area contributed by atoms with E-state index in [0.717, 1.165) is 30.5 Å². The average molecular weight is 264 g/mol. The molecule has 2 amide bonds. The Morgan fingerprint density at radius 2 is 1.79 bits per heavy atom. The summed E-state index contributed by atoms with van der Waals surface area (Å²) in [4.78, 5) is 12.0. The van der Waals surface area contributed by atoms with Crippen LogP contribution in [-0.4, -0.2) is 12.1 Å².